The van der Waals surface area contributed by atoms with E-state index in [4.69, 9.17) is 5.73 Å². The van der Waals surface area contributed by atoms with Gasteiger partial charge in [-0.2, -0.15) is 5.10 Å². The lowest BCUT2D eigenvalue weighted by molar-refractivity contribution is 0.915. The maximum Gasteiger partial charge on any atom is 0.252 e. The van der Waals surface area contributed by atoms with E-state index in [1.165, 1.54) is 6.07 Å². The minimum atomic E-state index is -0.167. The number of hydrogen-bond acceptors (Lipinski definition) is 5. The SMILES string of the molecule is CCc1nc(NCc2cn[nH]c2N)cc(=O)[nH]1. The minimum absolute atomic E-state index is 0.167. The second-order valence-electron chi connectivity index (χ2n) is 3.59. The van der Waals surface area contributed by atoms with Crippen LogP contribution in [0.5, 0.6) is 0 Å². The smallest absolute Gasteiger partial charge is 0.252 e. The molecule has 0 aliphatic carbocycles. The van der Waals surface area contributed by atoms with Gasteiger partial charge in [-0.1, -0.05) is 6.92 Å². The second kappa shape index (κ2) is 4.69. The van der Waals surface area contributed by atoms with Crippen molar-refractivity contribution in [3.63, 3.8) is 0 Å². The molecule has 0 aromatic carbocycles. The maximum absolute atomic E-state index is 11.3. The zero-order valence-electron chi connectivity index (χ0n) is 9.45. The zero-order valence-corrected chi connectivity index (χ0v) is 9.45. The van der Waals surface area contributed by atoms with E-state index in [0.29, 0.717) is 30.4 Å². The van der Waals surface area contributed by atoms with Gasteiger partial charge in [0.2, 0.25) is 0 Å². The molecule has 0 fully saturated rings. The van der Waals surface area contributed by atoms with E-state index in [1.54, 1.807) is 6.20 Å². The lowest BCUT2D eigenvalue weighted by atomic mass is 10.3. The summed E-state index contributed by atoms with van der Waals surface area (Å²) in [4.78, 5) is 18.2. The van der Waals surface area contributed by atoms with E-state index >= 15 is 0 Å². The maximum atomic E-state index is 11.3. The van der Waals surface area contributed by atoms with Crippen molar-refractivity contribution in [1.82, 2.24) is 20.2 Å². The Morgan fingerprint density at radius 1 is 1.53 bits per heavy atom. The molecule has 17 heavy (non-hydrogen) atoms. The Bertz CT molecular complexity index is 558. The summed E-state index contributed by atoms with van der Waals surface area (Å²) in [6.45, 7) is 2.40. The topological polar surface area (TPSA) is 112 Å². The van der Waals surface area contributed by atoms with Crippen LogP contribution >= 0.6 is 0 Å². The first kappa shape index (κ1) is 11.2. The highest BCUT2D eigenvalue weighted by Gasteiger charge is 2.03. The van der Waals surface area contributed by atoms with Gasteiger partial charge in [0.15, 0.2) is 0 Å². The Kier molecular flexibility index (Phi) is 3.08. The second-order valence-corrected chi connectivity index (χ2v) is 3.59. The number of aromatic nitrogens is 4. The molecular weight excluding hydrogens is 220 g/mol. The fourth-order valence-corrected chi connectivity index (χ4v) is 1.41. The van der Waals surface area contributed by atoms with Gasteiger partial charge in [0.1, 0.15) is 17.5 Å². The zero-order chi connectivity index (χ0) is 12.3. The largest absolute Gasteiger partial charge is 0.384 e. The van der Waals surface area contributed by atoms with Crippen molar-refractivity contribution >= 4 is 11.6 Å². The van der Waals surface area contributed by atoms with E-state index in [2.05, 4.69) is 25.5 Å². The quantitative estimate of drug-likeness (QED) is 0.605. The van der Waals surface area contributed by atoms with Crippen LogP contribution in [0.1, 0.15) is 18.3 Å². The molecule has 0 saturated heterocycles. The lowest BCUT2D eigenvalue weighted by Crippen LogP contribution is -2.13. The van der Waals surface area contributed by atoms with Gasteiger partial charge in [0, 0.05) is 24.6 Å². The summed E-state index contributed by atoms with van der Waals surface area (Å²) in [5.41, 5.74) is 6.32. The molecule has 0 saturated carbocycles. The fraction of sp³-hybridized carbons (Fsp3) is 0.300. The average molecular weight is 234 g/mol. The molecule has 0 unspecified atom stereocenters. The highest BCUT2D eigenvalue weighted by atomic mass is 16.1. The molecule has 5 N–H and O–H groups in total. The van der Waals surface area contributed by atoms with Gasteiger partial charge in [-0.15, -0.1) is 0 Å². The minimum Gasteiger partial charge on any atom is -0.384 e. The molecule has 7 nitrogen and oxygen atoms in total. The number of anilines is 2. The number of nitrogens with one attached hydrogen (secondary N) is 3. The van der Waals surface area contributed by atoms with Crippen molar-refractivity contribution in [2.75, 3.05) is 11.1 Å². The highest BCUT2D eigenvalue weighted by Crippen LogP contribution is 2.08. The first-order valence-corrected chi connectivity index (χ1v) is 5.31. The van der Waals surface area contributed by atoms with Crippen LogP contribution in [0.4, 0.5) is 11.6 Å². The molecule has 0 aliphatic rings. The van der Waals surface area contributed by atoms with E-state index < -0.39 is 0 Å². The third-order valence-electron chi connectivity index (χ3n) is 2.34. The molecule has 2 heterocycles. The van der Waals surface area contributed by atoms with Crippen LogP contribution in [0.2, 0.25) is 0 Å². The number of nitrogens with two attached hydrogens (primary N) is 1. The van der Waals surface area contributed by atoms with E-state index in [-0.39, 0.29) is 5.56 Å². The number of rotatable bonds is 4. The van der Waals surface area contributed by atoms with Crippen molar-refractivity contribution in [2.24, 2.45) is 0 Å². The van der Waals surface area contributed by atoms with Crippen LogP contribution in [-0.2, 0) is 13.0 Å². The van der Waals surface area contributed by atoms with Crippen LogP contribution in [0, 0.1) is 0 Å². The first-order chi connectivity index (χ1) is 8.19. The van der Waals surface area contributed by atoms with Crippen LogP contribution in [0.25, 0.3) is 0 Å². The first-order valence-electron chi connectivity index (χ1n) is 5.31. The molecule has 0 atom stereocenters. The standard InChI is InChI=1S/C10H14N6O/c1-2-7-14-8(3-9(17)15-7)12-4-6-5-13-16-10(6)11/h3,5H,2,4H2,1H3,(H3,11,13,16)(H2,12,14,15,17). The predicted molar refractivity (Wildman–Crippen MR) is 64.6 cm³/mol. The summed E-state index contributed by atoms with van der Waals surface area (Å²) < 4.78 is 0. The van der Waals surface area contributed by atoms with Gasteiger partial charge < -0.3 is 16.0 Å². The molecule has 2 aromatic heterocycles. The summed E-state index contributed by atoms with van der Waals surface area (Å²) >= 11 is 0. The Balaban J connectivity index is 2.11. The third-order valence-corrected chi connectivity index (χ3v) is 2.34. The summed E-state index contributed by atoms with van der Waals surface area (Å²) in [5, 5.41) is 9.48. The number of aromatic amines is 2. The van der Waals surface area contributed by atoms with Gasteiger partial charge in [0.05, 0.1) is 6.20 Å². The number of hydrogen-bond donors (Lipinski definition) is 4. The Morgan fingerprint density at radius 3 is 3.00 bits per heavy atom. The fourth-order valence-electron chi connectivity index (χ4n) is 1.41. The molecule has 0 spiro atoms. The van der Waals surface area contributed by atoms with E-state index in [9.17, 15) is 4.79 Å². The van der Waals surface area contributed by atoms with E-state index in [1.807, 2.05) is 6.92 Å². The molecule has 2 rings (SSSR count). The molecule has 2 aromatic rings. The summed E-state index contributed by atoms with van der Waals surface area (Å²) in [7, 11) is 0. The van der Waals surface area contributed by atoms with Gasteiger partial charge in [0.25, 0.3) is 5.56 Å². The number of nitrogens with zero attached hydrogens (tertiary/aromatic N) is 2. The lowest BCUT2D eigenvalue weighted by Gasteiger charge is -2.05. The van der Waals surface area contributed by atoms with Crippen LogP contribution < -0.4 is 16.6 Å². The molecule has 0 radical (unpaired) electrons. The predicted octanol–water partition coefficient (Wildman–Crippen LogP) is 0.250. The molecule has 0 bridgehead atoms. The third kappa shape index (κ3) is 2.63. The van der Waals surface area contributed by atoms with Gasteiger partial charge in [-0.3, -0.25) is 9.89 Å². The Hall–Kier alpha value is -2.31. The monoisotopic (exact) mass is 234 g/mol. The van der Waals surface area contributed by atoms with Crippen LogP contribution in [0.3, 0.4) is 0 Å². The number of H-pyrrole nitrogens is 2. The molecule has 90 valence electrons. The molecule has 0 aliphatic heterocycles. The molecule has 7 heteroatoms. The summed E-state index contributed by atoms with van der Waals surface area (Å²) in [5.74, 6) is 1.70. The average Bonchev–Trinajstić information content (AvgIpc) is 2.71. The van der Waals surface area contributed by atoms with Crippen molar-refractivity contribution in [1.29, 1.82) is 0 Å². The normalized spacial score (nSPS) is 10.4. The van der Waals surface area contributed by atoms with Crippen LogP contribution in [-0.4, -0.2) is 20.2 Å². The van der Waals surface area contributed by atoms with Crippen LogP contribution in [0.15, 0.2) is 17.1 Å². The van der Waals surface area contributed by atoms with Gasteiger partial charge in [-0.25, -0.2) is 4.98 Å². The summed E-state index contributed by atoms with van der Waals surface area (Å²) in [6.07, 6.45) is 2.31. The highest BCUT2D eigenvalue weighted by molar-refractivity contribution is 5.41. The summed E-state index contributed by atoms with van der Waals surface area (Å²) in [6, 6.07) is 1.41. The molecule has 0 amide bonds. The van der Waals surface area contributed by atoms with Crippen molar-refractivity contribution in [3.05, 3.63) is 34.0 Å². The van der Waals surface area contributed by atoms with Crippen molar-refractivity contribution < 1.29 is 0 Å². The van der Waals surface area contributed by atoms with Gasteiger partial charge >= 0.3 is 0 Å². The Labute approximate surface area is 97.5 Å². The van der Waals surface area contributed by atoms with Gasteiger partial charge in [-0.05, 0) is 0 Å². The number of aryl methyl sites for hydroxylation is 1. The van der Waals surface area contributed by atoms with Crippen molar-refractivity contribution in [3.8, 4) is 0 Å². The van der Waals surface area contributed by atoms with Crippen molar-refractivity contribution in [2.45, 2.75) is 19.9 Å². The molecular formula is C10H14N6O. The Morgan fingerprint density at radius 2 is 2.35 bits per heavy atom. The number of nitrogen functional groups attached to an aromatic ring is 1. The van der Waals surface area contributed by atoms with E-state index in [0.717, 1.165) is 5.56 Å².